The lowest BCUT2D eigenvalue weighted by atomic mass is 9.90. The number of rotatable bonds is 23. The number of esters is 1. The molecule has 0 aromatic carbocycles. The maximum Gasteiger partial charge on any atom is 0.342 e. The fraction of sp³-hybridized carbons (Fsp3) is 0.788. The maximum atomic E-state index is 14.8. The van der Waals surface area contributed by atoms with Crippen LogP contribution < -0.4 is 26.4 Å². The Hall–Kier alpha value is -2.72. The molecule has 8 atom stereocenters. The van der Waals surface area contributed by atoms with Crippen LogP contribution in [0.3, 0.4) is 0 Å². The summed E-state index contributed by atoms with van der Waals surface area (Å²) in [4.78, 5) is 38.9. The van der Waals surface area contributed by atoms with E-state index in [9.17, 15) is 24.4 Å². The fourth-order valence-corrected chi connectivity index (χ4v) is 7.93. The average molecular weight is 730 g/mol. The van der Waals surface area contributed by atoms with Gasteiger partial charge in [-0.15, -0.1) is 0 Å². The molecule has 286 valence electrons. The molecular formula is C33H60N7O9P. The van der Waals surface area contributed by atoms with Gasteiger partial charge in [0, 0.05) is 25.2 Å². The van der Waals surface area contributed by atoms with E-state index in [4.69, 9.17) is 30.2 Å². The van der Waals surface area contributed by atoms with Crippen molar-refractivity contribution in [1.29, 1.82) is 0 Å². The van der Waals surface area contributed by atoms with Gasteiger partial charge in [-0.05, 0) is 50.4 Å². The van der Waals surface area contributed by atoms with Crippen molar-refractivity contribution in [3.05, 3.63) is 0 Å². The van der Waals surface area contributed by atoms with Crippen LogP contribution in [0, 0.1) is 29.6 Å². The highest BCUT2D eigenvalue weighted by Gasteiger charge is 2.66. The summed E-state index contributed by atoms with van der Waals surface area (Å²) in [5, 5.41) is 28.9. The van der Waals surface area contributed by atoms with Crippen molar-refractivity contribution in [1.82, 2.24) is 20.1 Å². The number of hydrogen-bond acceptors (Lipinski definition) is 14. The molecule has 1 heterocycles. The van der Waals surface area contributed by atoms with Crippen LogP contribution >= 0.6 is 7.67 Å². The molecule has 1 saturated carbocycles. The lowest BCUT2D eigenvalue weighted by molar-refractivity contribution is -0.145. The molecule has 0 spiro atoms. The van der Waals surface area contributed by atoms with Crippen molar-refractivity contribution in [2.75, 3.05) is 38.9 Å². The zero-order chi connectivity index (χ0) is 38.0. The molecule has 1 aromatic heterocycles. The zero-order valence-electron chi connectivity index (χ0n) is 31.2. The third-order valence-electron chi connectivity index (χ3n) is 9.06. The van der Waals surface area contributed by atoms with Gasteiger partial charge in [-0.25, -0.2) is 10.2 Å². The monoisotopic (exact) mass is 729 g/mol. The largest absolute Gasteiger partial charge is 0.479 e. The number of nitrogen functional groups attached to an aromatic ring is 2. The van der Waals surface area contributed by atoms with Crippen molar-refractivity contribution in [2.45, 2.75) is 111 Å². The van der Waals surface area contributed by atoms with Crippen molar-refractivity contribution in [3.8, 4) is 5.88 Å². The van der Waals surface area contributed by atoms with E-state index in [1.807, 2.05) is 41.5 Å². The molecule has 8 unspecified atom stereocenters. The van der Waals surface area contributed by atoms with E-state index in [0.29, 0.717) is 19.3 Å². The minimum atomic E-state index is -4.25. The number of carbonyl (C=O) groups excluding carboxylic acids is 2. The maximum absolute atomic E-state index is 14.8. The molecule has 1 aliphatic rings. The molecule has 0 bridgehead atoms. The summed E-state index contributed by atoms with van der Waals surface area (Å²) in [6.07, 6.45) is 0.525. The minimum absolute atomic E-state index is 0.0101. The number of aliphatic hydroxyl groups excluding tert-OH is 1. The summed E-state index contributed by atoms with van der Waals surface area (Å²) >= 11 is 0. The molecule has 0 aliphatic heterocycles. The second-order valence-corrected chi connectivity index (χ2v) is 15.5. The molecule has 0 saturated heterocycles. The Bertz CT molecular complexity index is 1350. The SMILES string of the molecule is CCOC(=O)C(CC(C)C)NP(=O)(NC(CC(C)C)C(=O)C(CC)CC)OCC(OC)C(O)C1(O)C(C)C1/C=N\c1c(N)nc(N)nc1OC. The number of nitrogens with zero attached hydrogens (tertiary/aromatic N) is 3. The van der Waals surface area contributed by atoms with Crippen LogP contribution in [0.1, 0.15) is 81.1 Å². The Morgan fingerprint density at radius 2 is 1.62 bits per heavy atom. The molecule has 2 rings (SSSR count). The highest BCUT2D eigenvalue weighted by Crippen LogP contribution is 2.53. The Morgan fingerprint density at radius 1 is 1.04 bits per heavy atom. The average Bonchev–Trinajstić information content (AvgIpc) is 3.58. The van der Waals surface area contributed by atoms with Gasteiger partial charge in [-0.3, -0.25) is 19.1 Å². The van der Waals surface area contributed by atoms with Crippen LogP contribution in [0.2, 0.25) is 0 Å². The second-order valence-electron chi connectivity index (χ2n) is 13.7. The third-order valence-corrected chi connectivity index (χ3v) is 10.9. The molecule has 0 amide bonds. The van der Waals surface area contributed by atoms with E-state index in [0.717, 1.165) is 0 Å². The first-order valence-electron chi connectivity index (χ1n) is 17.4. The number of anilines is 2. The Morgan fingerprint density at radius 3 is 2.14 bits per heavy atom. The normalized spacial score (nSPS) is 22.8. The summed E-state index contributed by atoms with van der Waals surface area (Å²) in [7, 11) is -1.56. The van der Waals surface area contributed by atoms with Crippen LogP contribution in [-0.2, 0) is 28.2 Å². The summed E-state index contributed by atoms with van der Waals surface area (Å²) in [6, 6.07) is -1.89. The van der Waals surface area contributed by atoms with E-state index >= 15 is 0 Å². The van der Waals surface area contributed by atoms with Gasteiger partial charge >= 0.3 is 13.6 Å². The van der Waals surface area contributed by atoms with Crippen molar-refractivity contribution in [2.24, 2.45) is 34.6 Å². The predicted molar refractivity (Wildman–Crippen MR) is 192 cm³/mol. The number of carbonyl (C=O) groups is 2. The molecule has 16 nitrogen and oxygen atoms in total. The van der Waals surface area contributed by atoms with Gasteiger partial charge in [0.05, 0.1) is 26.4 Å². The van der Waals surface area contributed by atoms with Crippen LogP contribution in [-0.4, -0.2) is 95.5 Å². The Labute approximate surface area is 296 Å². The first kappa shape index (κ1) is 43.4. The third kappa shape index (κ3) is 11.1. The van der Waals surface area contributed by atoms with E-state index in [2.05, 4.69) is 25.1 Å². The van der Waals surface area contributed by atoms with Crippen LogP contribution in [0.5, 0.6) is 5.88 Å². The van der Waals surface area contributed by atoms with E-state index in [1.165, 1.54) is 20.4 Å². The number of ether oxygens (including phenoxy) is 3. The number of methoxy groups -OCH3 is 2. The molecule has 1 fully saturated rings. The summed E-state index contributed by atoms with van der Waals surface area (Å²) in [5.41, 5.74) is 10.0. The van der Waals surface area contributed by atoms with Gasteiger partial charge in [0.1, 0.15) is 23.9 Å². The smallest absolute Gasteiger partial charge is 0.342 e. The van der Waals surface area contributed by atoms with Crippen LogP contribution in [0.25, 0.3) is 0 Å². The number of aliphatic hydroxyl groups is 2. The number of aromatic nitrogens is 2. The first-order valence-corrected chi connectivity index (χ1v) is 19.0. The topological polar surface area (TPSA) is 243 Å². The van der Waals surface area contributed by atoms with Gasteiger partial charge in [-0.2, -0.15) is 9.97 Å². The number of nitrogens with two attached hydrogens (primary N) is 2. The molecular weight excluding hydrogens is 669 g/mol. The predicted octanol–water partition coefficient (Wildman–Crippen LogP) is 3.43. The standard InChI is InChI=1S/C33H60N7O9P/c1-11-21(12-2)27(41)23(14-18(4)5)39-50(45,40-24(15-19(6)7)31(43)48-13-3)49-17-25(46-9)28(42)33(44)20(8)22(33)16-36-26-29(34)37-32(35)38-30(26)47-10/h16,18-25,28,42,44H,11-15,17H2,1-10H3,(H2,39,40,45)(H4,34,35,37,38)/b36-16-. The Kier molecular flexibility index (Phi) is 16.7. The number of Topliss-reactive ketones (excluding diaryl/α,β-unsaturated/α-hetero) is 1. The highest BCUT2D eigenvalue weighted by molar-refractivity contribution is 7.54. The number of nitrogens with one attached hydrogen (secondary N) is 2. The molecule has 1 aromatic rings. The summed E-state index contributed by atoms with van der Waals surface area (Å²) in [5.74, 6) is -2.16. The van der Waals surface area contributed by atoms with E-state index in [-0.39, 0.29) is 59.9 Å². The molecule has 0 radical (unpaired) electrons. The van der Waals surface area contributed by atoms with E-state index < -0.39 is 62.0 Å². The zero-order valence-corrected chi connectivity index (χ0v) is 32.1. The number of hydrogen-bond donors (Lipinski definition) is 6. The van der Waals surface area contributed by atoms with Gasteiger partial charge < -0.3 is 40.4 Å². The molecule has 8 N–H and O–H groups in total. The second kappa shape index (κ2) is 19.2. The van der Waals surface area contributed by atoms with Crippen LogP contribution in [0.15, 0.2) is 4.99 Å². The lowest BCUT2D eigenvalue weighted by Crippen LogP contribution is -2.48. The van der Waals surface area contributed by atoms with Gasteiger partial charge in [-0.1, -0.05) is 48.5 Å². The van der Waals surface area contributed by atoms with Crippen LogP contribution in [0.4, 0.5) is 17.5 Å². The quantitative estimate of drug-likeness (QED) is 0.0537. The number of aliphatic imine (C=N–C) groups is 1. The van der Waals surface area contributed by atoms with Crippen molar-refractivity contribution < 1.29 is 43.1 Å². The highest BCUT2D eigenvalue weighted by atomic mass is 31.2. The van der Waals surface area contributed by atoms with E-state index in [1.54, 1.807) is 13.8 Å². The Balaban J connectivity index is 2.42. The summed E-state index contributed by atoms with van der Waals surface area (Å²) < 4.78 is 36.8. The fourth-order valence-electron chi connectivity index (χ4n) is 6.09. The van der Waals surface area contributed by atoms with Crippen molar-refractivity contribution >= 4 is 43.1 Å². The number of ketones is 1. The first-order chi connectivity index (χ1) is 23.4. The van der Waals surface area contributed by atoms with Crippen molar-refractivity contribution in [3.63, 3.8) is 0 Å². The van der Waals surface area contributed by atoms with Gasteiger partial charge in [0.25, 0.3) is 0 Å². The van der Waals surface area contributed by atoms with Gasteiger partial charge in [0.2, 0.25) is 11.8 Å². The minimum Gasteiger partial charge on any atom is -0.479 e. The molecule has 1 aliphatic carbocycles. The molecule has 50 heavy (non-hydrogen) atoms. The summed E-state index contributed by atoms with van der Waals surface area (Å²) in [6.45, 7) is 14.6. The lowest BCUT2D eigenvalue weighted by Gasteiger charge is -2.33. The van der Waals surface area contributed by atoms with Gasteiger partial charge in [0.15, 0.2) is 17.3 Å². The molecule has 17 heteroatoms.